The summed E-state index contributed by atoms with van der Waals surface area (Å²) >= 11 is 9.46. The minimum Gasteiger partial charge on any atom is -0.503 e. The first-order chi connectivity index (χ1) is 18.8. The third-order valence-electron chi connectivity index (χ3n) is 5.67. The molecule has 0 saturated carbocycles. The Hall–Kier alpha value is -3.82. The highest BCUT2D eigenvalue weighted by Gasteiger charge is 2.17. The van der Waals surface area contributed by atoms with Crippen LogP contribution in [0.3, 0.4) is 0 Å². The largest absolute Gasteiger partial charge is 0.503 e. The van der Waals surface area contributed by atoms with Gasteiger partial charge in [-0.25, -0.2) is 5.43 Å². The van der Waals surface area contributed by atoms with Crippen molar-refractivity contribution in [2.45, 2.75) is 20.8 Å². The van der Waals surface area contributed by atoms with E-state index in [-0.39, 0.29) is 27.8 Å². The maximum Gasteiger partial charge on any atom is 0.287 e. The monoisotopic (exact) mass is 612 g/mol. The summed E-state index contributed by atoms with van der Waals surface area (Å²) in [7, 11) is 0. The van der Waals surface area contributed by atoms with Gasteiger partial charge in [0, 0.05) is 18.8 Å². The molecule has 0 aliphatic rings. The number of nitrogens with zero attached hydrogens (tertiary/aromatic N) is 2. The zero-order chi connectivity index (χ0) is 28.4. The Labute approximate surface area is 241 Å². The van der Waals surface area contributed by atoms with E-state index >= 15 is 0 Å². The number of hydrogen-bond acceptors (Lipinski definition) is 6. The van der Waals surface area contributed by atoms with Gasteiger partial charge in [0.2, 0.25) is 0 Å². The van der Waals surface area contributed by atoms with Gasteiger partial charge in [-0.15, -0.1) is 0 Å². The molecule has 0 fully saturated rings. The van der Waals surface area contributed by atoms with Crippen LogP contribution in [0.5, 0.6) is 11.5 Å². The molecule has 0 saturated heterocycles. The van der Waals surface area contributed by atoms with Crippen LogP contribution in [0.25, 0.3) is 6.08 Å². The van der Waals surface area contributed by atoms with Crippen LogP contribution >= 0.6 is 27.5 Å². The van der Waals surface area contributed by atoms with Crippen molar-refractivity contribution in [2.24, 2.45) is 5.10 Å². The molecule has 0 bridgehead atoms. The number of carbonyl (C=O) groups is 2. The van der Waals surface area contributed by atoms with E-state index in [0.717, 1.165) is 18.8 Å². The standard InChI is InChI=1S/C29H30BrClN4O4/c1-4-35(5-2)21-13-11-19(12-14-21)16-25(33-28(37)22-9-7-8-10-24(22)31)29(38)34-32-18-20-15-23(30)27(36)26(17-20)39-6-3/h7-18,36H,4-6H2,1-3H3,(H,33,37)(H,34,38). The Balaban J connectivity index is 1.86. The van der Waals surface area contributed by atoms with Crippen LogP contribution < -0.4 is 20.4 Å². The Bertz CT molecular complexity index is 1370. The molecule has 3 rings (SSSR count). The van der Waals surface area contributed by atoms with Gasteiger partial charge >= 0.3 is 0 Å². The quantitative estimate of drug-likeness (QED) is 0.140. The van der Waals surface area contributed by atoms with E-state index in [4.69, 9.17) is 16.3 Å². The summed E-state index contributed by atoms with van der Waals surface area (Å²) in [6.07, 6.45) is 2.97. The highest BCUT2D eigenvalue weighted by atomic mass is 79.9. The minimum absolute atomic E-state index is 0.0189. The molecule has 3 N–H and O–H groups in total. The Morgan fingerprint density at radius 3 is 2.38 bits per heavy atom. The van der Waals surface area contributed by atoms with E-state index in [9.17, 15) is 14.7 Å². The maximum absolute atomic E-state index is 13.1. The van der Waals surface area contributed by atoms with Gasteiger partial charge in [-0.05, 0) is 90.3 Å². The van der Waals surface area contributed by atoms with Gasteiger partial charge in [0.25, 0.3) is 11.8 Å². The molecule has 8 nitrogen and oxygen atoms in total. The van der Waals surface area contributed by atoms with Crippen LogP contribution in [0.15, 0.2) is 75.9 Å². The zero-order valence-corrected chi connectivity index (χ0v) is 24.2. The lowest BCUT2D eigenvalue weighted by Crippen LogP contribution is -2.33. The maximum atomic E-state index is 13.1. The van der Waals surface area contributed by atoms with E-state index in [1.165, 1.54) is 6.21 Å². The summed E-state index contributed by atoms with van der Waals surface area (Å²) in [4.78, 5) is 28.3. The number of ether oxygens (including phenoxy) is 1. The molecule has 2 amide bonds. The van der Waals surface area contributed by atoms with Crippen molar-refractivity contribution in [2.75, 3.05) is 24.6 Å². The number of aromatic hydroxyl groups is 1. The van der Waals surface area contributed by atoms with E-state index in [1.807, 2.05) is 24.3 Å². The number of carbonyl (C=O) groups excluding carboxylic acids is 2. The highest BCUT2D eigenvalue weighted by molar-refractivity contribution is 9.10. The lowest BCUT2D eigenvalue weighted by atomic mass is 10.1. The van der Waals surface area contributed by atoms with Gasteiger partial charge in [0.1, 0.15) is 5.70 Å². The number of phenols is 1. The summed E-state index contributed by atoms with van der Waals surface area (Å²) in [5, 5.41) is 17.0. The van der Waals surface area contributed by atoms with Gasteiger partial charge in [0.05, 0.1) is 27.9 Å². The molecular formula is C29H30BrClN4O4. The number of anilines is 1. The summed E-state index contributed by atoms with van der Waals surface area (Å²) in [6, 6.07) is 17.4. The molecule has 0 heterocycles. The lowest BCUT2D eigenvalue weighted by Gasteiger charge is -2.21. The van der Waals surface area contributed by atoms with Crippen LogP contribution in [0.1, 0.15) is 42.3 Å². The lowest BCUT2D eigenvalue weighted by molar-refractivity contribution is -0.117. The second-order valence-corrected chi connectivity index (χ2v) is 9.50. The first-order valence-electron chi connectivity index (χ1n) is 12.4. The SMILES string of the molecule is CCOc1cc(C=NNC(=O)C(=Cc2ccc(N(CC)CC)cc2)NC(=O)c2ccccc2Cl)cc(Br)c1O. The van der Waals surface area contributed by atoms with E-state index in [1.54, 1.807) is 49.4 Å². The normalized spacial score (nSPS) is 11.4. The molecule has 0 unspecified atom stereocenters. The Morgan fingerprint density at radius 1 is 1.05 bits per heavy atom. The van der Waals surface area contributed by atoms with Gasteiger partial charge < -0.3 is 20.1 Å². The van der Waals surface area contributed by atoms with E-state index < -0.39 is 11.8 Å². The van der Waals surface area contributed by atoms with Crippen LogP contribution in [0, 0.1) is 0 Å². The van der Waals surface area contributed by atoms with E-state index in [2.05, 4.69) is 50.5 Å². The Morgan fingerprint density at radius 2 is 1.74 bits per heavy atom. The molecule has 0 atom stereocenters. The number of halogens is 2. The molecule has 3 aromatic carbocycles. The molecule has 10 heteroatoms. The summed E-state index contributed by atoms with van der Waals surface area (Å²) in [6.45, 7) is 8.07. The summed E-state index contributed by atoms with van der Waals surface area (Å²) in [5.41, 5.74) is 4.99. The number of phenolic OH excluding ortho intramolecular Hbond substituents is 1. The first-order valence-corrected chi connectivity index (χ1v) is 13.6. The number of rotatable bonds is 11. The van der Waals surface area contributed by atoms with Gasteiger partial charge in [-0.3, -0.25) is 9.59 Å². The highest BCUT2D eigenvalue weighted by Crippen LogP contribution is 2.35. The predicted octanol–water partition coefficient (Wildman–Crippen LogP) is 5.97. The van der Waals surface area contributed by atoms with Gasteiger partial charge in [0.15, 0.2) is 11.5 Å². The van der Waals surface area contributed by atoms with Crippen molar-refractivity contribution in [1.29, 1.82) is 0 Å². The van der Waals surface area contributed by atoms with Crippen LogP contribution in [0.4, 0.5) is 5.69 Å². The molecule has 0 aromatic heterocycles. The molecule has 0 aliphatic heterocycles. The third-order valence-corrected chi connectivity index (χ3v) is 6.61. The zero-order valence-electron chi connectivity index (χ0n) is 21.9. The van der Waals surface area contributed by atoms with Crippen molar-refractivity contribution in [3.8, 4) is 11.5 Å². The molecule has 204 valence electrons. The van der Waals surface area contributed by atoms with Crippen LogP contribution in [0.2, 0.25) is 5.02 Å². The second-order valence-electron chi connectivity index (χ2n) is 8.24. The number of nitrogens with one attached hydrogen (secondary N) is 2. The molecular weight excluding hydrogens is 584 g/mol. The van der Waals surface area contributed by atoms with Crippen molar-refractivity contribution >= 4 is 57.3 Å². The van der Waals surface area contributed by atoms with Gasteiger partial charge in [-0.1, -0.05) is 35.9 Å². The summed E-state index contributed by atoms with van der Waals surface area (Å²) < 4.78 is 5.84. The first kappa shape index (κ1) is 29.7. The number of hydrogen-bond donors (Lipinski definition) is 3. The second kappa shape index (κ2) is 14.4. The van der Waals surface area contributed by atoms with Crippen molar-refractivity contribution in [1.82, 2.24) is 10.7 Å². The smallest absolute Gasteiger partial charge is 0.287 e. The number of amides is 2. The number of hydrazone groups is 1. The molecule has 0 aliphatic carbocycles. The van der Waals surface area contributed by atoms with Crippen LogP contribution in [-0.4, -0.2) is 42.8 Å². The Kier molecular flexibility index (Phi) is 11.0. The number of benzene rings is 3. The minimum atomic E-state index is -0.637. The topological polar surface area (TPSA) is 103 Å². The van der Waals surface area contributed by atoms with Crippen molar-refractivity contribution in [3.05, 3.63) is 92.5 Å². The molecule has 39 heavy (non-hydrogen) atoms. The predicted molar refractivity (Wildman–Crippen MR) is 160 cm³/mol. The van der Waals surface area contributed by atoms with Gasteiger partial charge in [-0.2, -0.15) is 5.10 Å². The average molecular weight is 614 g/mol. The molecule has 0 radical (unpaired) electrons. The van der Waals surface area contributed by atoms with Crippen LogP contribution in [-0.2, 0) is 4.79 Å². The average Bonchev–Trinajstić information content (AvgIpc) is 2.92. The summed E-state index contributed by atoms with van der Waals surface area (Å²) in [5.74, 6) is -0.921. The third kappa shape index (κ3) is 8.08. The molecule has 3 aromatic rings. The fraction of sp³-hybridized carbons (Fsp3) is 0.207. The van der Waals surface area contributed by atoms with E-state index in [0.29, 0.717) is 22.2 Å². The fourth-order valence-corrected chi connectivity index (χ4v) is 4.37. The van der Waals surface area contributed by atoms with Crippen molar-refractivity contribution < 1.29 is 19.4 Å². The fourth-order valence-electron chi connectivity index (χ4n) is 3.69. The molecule has 0 spiro atoms. The van der Waals surface area contributed by atoms with Crippen molar-refractivity contribution in [3.63, 3.8) is 0 Å².